The van der Waals surface area contributed by atoms with E-state index in [2.05, 4.69) is 43.5 Å². The van der Waals surface area contributed by atoms with Crippen molar-refractivity contribution in [3.63, 3.8) is 0 Å². The summed E-state index contributed by atoms with van der Waals surface area (Å²) in [7, 11) is 1.56. The molecule has 0 bridgehead atoms. The van der Waals surface area contributed by atoms with Crippen molar-refractivity contribution >= 4 is 13.7 Å². The Labute approximate surface area is 404 Å². The molecule has 0 aliphatic heterocycles. The van der Waals surface area contributed by atoms with Gasteiger partial charge in [0.05, 0.1) is 39.9 Å². The summed E-state index contributed by atoms with van der Waals surface area (Å²) in [4.78, 5) is 23.3. The number of amides is 1. The molecule has 0 aromatic carbocycles. The predicted octanol–water partition coefficient (Wildman–Crippen LogP) is 16.6. The minimum absolute atomic E-state index is 0.0558. The number of phosphoric acid groups is 1. The molecule has 0 aliphatic carbocycles. The molecular formula is C56H110N2O6P+. The Hall–Kier alpha value is -1.28. The van der Waals surface area contributed by atoms with Crippen LogP contribution in [0.1, 0.15) is 264 Å². The number of likely N-dealkylation sites (N-methyl/N-ethyl adjacent to an activating group) is 1. The van der Waals surface area contributed by atoms with E-state index in [1.54, 1.807) is 6.08 Å². The largest absolute Gasteiger partial charge is 0.472 e. The number of nitrogens with zero attached hydrogens (tertiary/aromatic N) is 1. The van der Waals surface area contributed by atoms with Gasteiger partial charge in [0.15, 0.2) is 0 Å². The summed E-state index contributed by atoms with van der Waals surface area (Å²) < 4.78 is 23.7. The molecule has 0 aromatic rings. The topological polar surface area (TPSA) is 105 Å². The minimum atomic E-state index is -4.35. The lowest BCUT2D eigenvalue weighted by atomic mass is 10.0. The second-order valence-electron chi connectivity index (χ2n) is 20.3. The average molecular weight is 938 g/mol. The van der Waals surface area contributed by atoms with Crippen LogP contribution in [0.2, 0.25) is 0 Å². The molecule has 3 unspecified atom stereocenters. The van der Waals surface area contributed by atoms with E-state index in [4.69, 9.17) is 9.05 Å². The van der Waals surface area contributed by atoms with Gasteiger partial charge in [0, 0.05) is 6.42 Å². The molecule has 384 valence electrons. The van der Waals surface area contributed by atoms with Crippen molar-refractivity contribution in [1.29, 1.82) is 0 Å². The monoisotopic (exact) mass is 938 g/mol. The van der Waals surface area contributed by atoms with Gasteiger partial charge in [-0.1, -0.05) is 237 Å². The van der Waals surface area contributed by atoms with Gasteiger partial charge in [-0.05, 0) is 57.8 Å². The zero-order valence-electron chi connectivity index (χ0n) is 43.7. The van der Waals surface area contributed by atoms with Gasteiger partial charge in [-0.3, -0.25) is 13.8 Å². The number of unbranched alkanes of at least 4 members (excludes halogenated alkanes) is 34. The summed E-state index contributed by atoms with van der Waals surface area (Å²) in [5.74, 6) is -0.189. The van der Waals surface area contributed by atoms with Crippen LogP contribution >= 0.6 is 7.82 Å². The number of aliphatic hydroxyl groups is 1. The highest BCUT2D eigenvalue weighted by atomic mass is 31.2. The summed E-state index contributed by atoms with van der Waals surface area (Å²) in [5, 5.41) is 13.9. The van der Waals surface area contributed by atoms with Crippen LogP contribution in [0.3, 0.4) is 0 Å². The first-order valence-electron chi connectivity index (χ1n) is 27.9. The van der Waals surface area contributed by atoms with Crippen molar-refractivity contribution < 1.29 is 32.9 Å². The maximum absolute atomic E-state index is 13.0. The molecule has 0 saturated heterocycles. The van der Waals surface area contributed by atoms with E-state index in [1.807, 2.05) is 27.2 Å². The number of nitrogens with one attached hydrogen (secondary N) is 1. The SMILES string of the molecule is CCCCCCCCCCCC/C=C\CCCCCCCCCC(=O)NC(COP(=O)(O)OCC[N+](C)(C)C)C(O)/C=C/CC/C=C/CCCCCCCCCCCCCCCCCC. The van der Waals surface area contributed by atoms with Crippen molar-refractivity contribution in [2.45, 2.75) is 276 Å². The first-order chi connectivity index (χ1) is 31.5. The van der Waals surface area contributed by atoms with Gasteiger partial charge in [-0.2, -0.15) is 0 Å². The number of carbonyl (C=O) groups excluding carboxylic acids is 1. The van der Waals surface area contributed by atoms with Gasteiger partial charge in [-0.25, -0.2) is 4.57 Å². The lowest BCUT2D eigenvalue weighted by Gasteiger charge is -2.25. The Bertz CT molecular complexity index is 1150. The second-order valence-corrected chi connectivity index (χ2v) is 21.8. The Morgan fingerprint density at radius 1 is 0.508 bits per heavy atom. The molecular weight excluding hydrogens is 828 g/mol. The van der Waals surface area contributed by atoms with Gasteiger partial charge < -0.3 is 19.8 Å². The van der Waals surface area contributed by atoms with Crippen molar-refractivity contribution in [2.24, 2.45) is 0 Å². The number of quaternary nitrogens is 1. The van der Waals surface area contributed by atoms with E-state index in [0.29, 0.717) is 17.4 Å². The minimum Gasteiger partial charge on any atom is -0.387 e. The molecule has 0 fully saturated rings. The van der Waals surface area contributed by atoms with Crippen molar-refractivity contribution in [2.75, 3.05) is 40.9 Å². The van der Waals surface area contributed by atoms with E-state index >= 15 is 0 Å². The van der Waals surface area contributed by atoms with Crippen LogP contribution in [0.25, 0.3) is 0 Å². The van der Waals surface area contributed by atoms with Gasteiger partial charge in [0.1, 0.15) is 13.2 Å². The molecule has 3 atom stereocenters. The zero-order chi connectivity index (χ0) is 47.8. The van der Waals surface area contributed by atoms with Gasteiger partial charge in [0.2, 0.25) is 5.91 Å². The molecule has 0 radical (unpaired) electrons. The van der Waals surface area contributed by atoms with E-state index in [9.17, 15) is 19.4 Å². The Kier molecular flexibility index (Phi) is 46.8. The molecule has 0 spiro atoms. The molecule has 0 aliphatic rings. The quantitative estimate of drug-likeness (QED) is 0.0243. The number of hydrogen-bond acceptors (Lipinski definition) is 5. The van der Waals surface area contributed by atoms with Crippen LogP contribution in [0.5, 0.6) is 0 Å². The van der Waals surface area contributed by atoms with Gasteiger partial charge in [-0.15, -0.1) is 0 Å². The number of aliphatic hydroxyl groups excluding tert-OH is 1. The van der Waals surface area contributed by atoms with Crippen LogP contribution < -0.4 is 5.32 Å². The Morgan fingerprint density at radius 2 is 0.846 bits per heavy atom. The first-order valence-corrected chi connectivity index (χ1v) is 29.4. The molecule has 65 heavy (non-hydrogen) atoms. The standard InChI is InChI=1S/C56H109N2O6P/c1-6-8-10-12-14-16-18-20-22-24-26-28-30-31-33-35-37-39-41-43-45-47-49-55(59)54(53-64-65(61,62)63-52-51-58(3,4)5)57-56(60)50-48-46-44-42-40-38-36-34-32-29-27-25-23-21-19-17-15-13-11-9-7-2/h29,32,39,41,47,49,54-55,59H,6-28,30-31,33-38,40,42-46,48,50-53H2,1-5H3,(H-,57,60,61,62)/p+1/b32-29-,41-39+,49-47+. The molecule has 0 aromatic heterocycles. The Morgan fingerprint density at radius 3 is 1.23 bits per heavy atom. The molecule has 8 nitrogen and oxygen atoms in total. The average Bonchev–Trinajstić information content (AvgIpc) is 3.26. The zero-order valence-corrected chi connectivity index (χ0v) is 44.6. The van der Waals surface area contributed by atoms with Crippen LogP contribution in [0, 0.1) is 0 Å². The maximum atomic E-state index is 13.0. The van der Waals surface area contributed by atoms with Crippen LogP contribution in [0.15, 0.2) is 36.5 Å². The van der Waals surface area contributed by atoms with Gasteiger partial charge >= 0.3 is 7.82 Å². The number of phosphoric ester groups is 1. The van der Waals surface area contributed by atoms with E-state index in [0.717, 1.165) is 38.5 Å². The fraction of sp³-hybridized carbons (Fsp3) is 0.875. The van der Waals surface area contributed by atoms with Crippen molar-refractivity contribution in [3.8, 4) is 0 Å². The molecule has 0 saturated carbocycles. The highest BCUT2D eigenvalue weighted by molar-refractivity contribution is 7.47. The van der Waals surface area contributed by atoms with Crippen LogP contribution in [-0.2, 0) is 18.4 Å². The van der Waals surface area contributed by atoms with E-state index in [1.165, 1.54) is 205 Å². The summed E-state index contributed by atoms with van der Waals surface area (Å²) >= 11 is 0. The Balaban J connectivity index is 4.30. The summed E-state index contributed by atoms with van der Waals surface area (Å²) in [6, 6.07) is -0.865. The van der Waals surface area contributed by atoms with Crippen molar-refractivity contribution in [3.05, 3.63) is 36.5 Å². The summed E-state index contributed by atoms with van der Waals surface area (Å²) in [6.07, 6.45) is 61.0. The fourth-order valence-electron chi connectivity index (χ4n) is 8.17. The third-order valence-corrected chi connectivity index (χ3v) is 13.6. The molecule has 0 heterocycles. The lowest BCUT2D eigenvalue weighted by Crippen LogP contribution is -2.45. The predicted molar refractivity (Wildman–Crippen MR) is 281 cm³/mol. The van der Waals surface area contributed by atoms with Crippen LogP contribution in [-0.4, -0.2) is 73.4 Å². The first kappa shape index (κ1) is 63.7. The smallest absolute Gasteiger partial charge is 0.387 e. The molecule has 0 rings (SSSR count). The number of hydrogen-bond donors (Lipinski definition) is 3. The number of carbonyl (C=O) groups is 1. The van der Waals surface area contributed by atoms with E-state index < -0.39 is 20.0 Å². The number of rotatable bonds is 51. The molecule has 1 amide bonds. The molecule has 3 N–H and O–H groups in total. The normalized spacial score (nSPS) is 14.3. The summed E-state index contributed by atoms with van der Waals surface area (Å²) in [6.45, 7) is 4.82. The third-order valence-electron chi connectivity index (χ3n) is 12.6. The van der Waals surface area contributed by atoms with E-state index in [-0.39, 0.29) is 19.1 Å². The fourth-order valence-corrected chi connectivity index (χ4v) is 8.91. The molecule has 9 heteroatoms. The maximum Gasteiger partial charge on any atom is 0.472 e. The van der Waals surface area contributed by atoms with Crippen LogP contribution in [0.4, 0.5) is 0 Å². The second kappa shape index (κ2) is 47.8. The highest BCUT2D eigenvalue weighted by Crippen LogP contribution is 2.43. The number of allylic oxidation sites excluding steroid dienone is 5. The van der Waals surface area contributed by atoms with Gasteiger partial charge in [0.25, 0.3) is 0 Å². The van der Waals surface area contributed by atoms with Crippen molar-refractivity contribution in [1.82, 2.24) is 5.32 Å². The highest BCUT2D eigenvalue weighted by Gasteiger charge is 2.27. The summed E-state index contributed by atoms with van der Waals surface area (Å²) in [5.41, 5.74) is 0. The third kappa shape index (κ3) is 50.4. The lowest BCUT2D eigenvalue weighted by molar-refractivity contribution is -0.870.